The van der Waals surface area contributed by atoms with Gasteiger partial charge in [-0.25, -0.2) is 0 Å². The van der Waals surface area contributed by atoms with Crippen molar-refractivity contribution in [2.75, 3.05) is 19.8 Å². The van der Waals surface area contributed by atoms with E-state index < -0.39 is 8.80 Å². The summed E-state index contributed by atoms with van der Waals surface area (Å²) in [6.45, 7) is 18.9. The molecule has 3 nitrogen and oxygen atoms in total. The highest BCUT2D eigenvalue weighted by Gasteiger charge is 2.60. The van der Waals surface area contributed by atoms with Crippen LogP contribution in [0.1, 0.15) is 55.4 Å². The van der Waals surface area contributed by atoms with Gasteiger partial charge in [-0.15, -0.1) is 0 Å². The van der Waals surface area contributed by atoms with Gasteiger partial charge in [-0.1, -0.05) is 34.6 Å². The van der Waals surface area contributed by atoms with E-state index in [9.17, 15) is 0 Å². The summed E-state index contributed by atoms with van der Waals surface area (Å²) in [5, 5.41) is -0.123. The van der Waals surface area contributed by atoms with Crippen molar-refractivity contribution in [1.29, 1.82) is 0 Å². The monoisotopic (exact) mass is 262 g/mol. The van der Waals surface area contributed by atoms with Crippen LogP contribution in [0.5, 0.6) is 0 Å². The van der Waals surface area contributed by atoms with Gasteiger partial charge in [-0.05, 0) is 26.2 Å². The molecule has 0 amide bonds. The molecule has 0 rings (SSSR count). The van der Waals surface area contributed by atoms with Gasteiger partial charge in [0.05, 0.1) is 0 Å². The third-order valence-electron chi connectivity index (χ3n) is 3.64. The summed E-state index contributed by atoms with van der Waals surface area (Å²) in [7, 11) is -2.66. The lowest BCUT2D eigenvalue weighted by Crippen LogP contribution is -2.58. The van der Waals surface area contributed by atoms with Gasteiger partial charge in [-0.2, -0.15) is 0 Å². The highest BCUT2D eigenvalue weighted by atomic mass is 28.4. The van der Waals surface area contributed by atoms with Gasteiger partial charge in [0, 0.05) is 24.9 Å². The maximum absolute atomic E-state index is 6.00. The molecule has 0 heterocycles. The Morgan fingerprint density at radius 2 is 1.00 bits per heavy atom. The molecule has 0 spiro atoms. The van der Waals surface area contributed by atoms with Crippen molar-refractivity contribution in [2.45, 2.75) is 60.4 Å². The molecule has 0 fully saturated rings. The fourth-order valence-electron chi connectivity index (χ4n) is 1.70. The molecule has 0 aromatic heterocycles. The van der Waals surface area contributed by atoms with Gasteiger partial charge in [-0.3, -0.25) is 0 Å². The van der Waals surface area contributed by atoms with Crippen molar-refractivity contribution in [2.24, 2.45) is 5.41 Å². The summed E-state index contributed by atoms with van der Waals surface area (Å²) >= 11 is 0. The van der Waals surface area contributed by atoms with E-state index in [4.69, 9.17) is 13.3 Å². The van der Waals surface area contributed by atoms with Crippen LogP contribution in [0.2, 0.25) is 5.04 Å². The quantitative estimate of drug-likeness (QED) is 0.652. The molecule has 0 N–H and O–H groups in total. The number of hydrogen-bond acceptors (Lipinski definition) is 3. The molecule has 0 aromatic rings. The lowest BCUT2D eigenvalue weighted by atomic mass is 9.82. The van der Waals surface area contributed by atoms with Crippen LogP contribution in [0.25, 0.3) is 0 Å². The van der Waals surface area contributed by atoms with Gasteiger partial charge >= 0.3 is 8.80 Å². The number of hydrogen-bond donors (Lipinski definition) is 0. The fraction of sp³-hybridized carbons (Fsp3) is 1.00. The van der Waals surface area contributed by atoms with Crippen LogP contribution in [0.15, 0.2) is 0 Å². The molecular weight excluding hydrogens is 232 g/mol. The summed E-state index contributed by atoms with van der Waals surface area (Å²) in [5.41, 5.74) is 0.0682. The molecule has 0 bridgehead atoms. The normalized spacial score (nSPS) is 14.1. The smallest absolute Gasteiger partial charge is 0.373 e. The van der Waals surface area contributed by atoms with E-state index in [1.807, 2.05) is 20.8 Å². The average Bonchev–Trinajstić information content (AvgIpc) is 2.16. The van der Waals surface area contributed by atoms with Crippen molar-refractivity contribution in [1.82, 2.24) is 0 Å². The minimum atomic E-state index is -2.66. The summed E-state index contributed by atoms with van der Waals surface area (Å²) < 4.78 is 18.0. The van der Waals surface area contributed by atoms with Crippen molar-refractivity contribution >= 4 is 8.80 Å². The second kappa shape index (κ2) is 6.32. The summed E-state index contributed by atoms with van der Waals surface area (Å²) in [5.74, 6) is 0. The van der Waals surface area contributed by atoms with Crippen molar-refractivity contribution in [3.8, 4) is 0 Å². The van der Waals surface area contributed by atoms with Gasteiger partial charge in [0.25, 0.3) is 0 Å². The average molecular weight is 262 g/mol. The first-order valence-electron chi connectivity index (χ1n) is 6.60. The van der Waals surface area contributed by atoms with Crippen LogP contribution in [0.4, 0.5) is 0 Å². The summed E-state index contributed by atoms with van der Waals surface area (Å²) in [6.07, 6.45) is 0. The first-order valence-corrected chi connectivity index (χ1v) is 8.32. The molecular formula is C13H30O3Si. The van der Waals surface area contributed by atoms with Gasteiger partial charge in [0.15, 0.2) is 0 Å². The van der Waals surface area contributed by atoms with E-state index in [1.165, 1.54) is 0 Å². The second-order valence-electron chi connectivity index (χ2n) is 5.73. The molecule has 0 aromatic carbocycles. The third-order valence-corrected chi connectivity index (χ3v) is 7.93. The zero-order valence-corrected chi connectivity index (χ0v) is 13.8. The van der Waals surface area contributed by atoms with Crippen LogP contribution in [0.3, 0.4) is 0 Å². The fourth-order valence-corrected chi connectivity index (χ4v) is 5.09. The molecule has 0 aliphatic heterocycles. The van der Waals surface area contributed by atoms with Gasteiger partial charge in [0.1, 0.15) is 0 Å². The maximum atomic E-state index is 6.00. The van der Waals surface area contributed by atoms with Crippen LogP contribution in [-0.4, -0.2) is 28.6 Å². The molecule has 0 saturated heterocycles. The Morgan fingerprint density at radius 1 is 0.706 bits per heavy atom. The molecule has 0 unspecified atom stereocenters. The molecule has 0 aliphatic rings. The Balaban J connectivity index is 5.38. The Hall–Kier alpha value is 0.0969. The van der Waals surface area contributed by atoms with Crippen LogP contribution < -0.4 is 0 Å². The topological polar surface area (TPSA) is 27.7 Å². The van der Waals surface area contributed by atoms with Crippen LogP contribution in [-0.2, 0) is 13.3 Å². The minimum absolute atomic E-state index is 0.0682. The van der Waals surface area contributed by atoms with E-state index >= 15 is 0 Å². The summed E-state index contributed by atoms with van der Waals surface area (Å²) in [4.78, 5) is 0. The van der Waals surface area contributed by atoms with E-state index in [2.05, 4.69) is 34.6 Å². The lowest BCUT2D eigenvalue weighted by Gasteiger charge is -2.48. The maximum Gasteiger partial charge on any atom is 0.507 e. The largest absolute Gasteiger partial charge is 0.507 e. The highest BCUT2D eigenvalue weighted by molar-refractivity contribution is 6.64. The molecule has 4 heteroatoms. The van der Waals surface area contributed by atoms with Crippen molar-refractivity contribution in [3.05, 3.63) is 0 Å². The van der Waals surface area contributed by atoms with Crippen LogP contribution >= 0.6 is 0 Å². The molecule has 0 aliphatic carbocycles. The van der Waals surface area contributed by atoms with E-state index in [0.29, 0.717) is 19.8 Å². The Bertz CT molecular complexity index is 204. The molecule has 0 radical (unpaired) electrons. The van der Waals surface area contributed by atoms with Gasteiger partial charge in [0.2, 0.25) is 0 Å². The third kappa shape index (κ3) is 3.53. The van der Waals surface area contributed by atoms with Crippen molar-refractivity contribution in [3.63, 3.8) is 0 Å². The first-order chi connectivity index (χ1) is 7.68. The Labute approximate surface area is 108 Å². The zero-order chi connectivity index (χ0) is 13.7. The van der Waals surface area contributed by atoms with E-state index in [-0.39, 0.29) is 10.5 Å². The van der Waals surface area contributed by atoms with Crippen molar-refractivity contribution < 1.29 is 13.3 Å². The number of rotatable bonds is 7. The predicted octanol–water partition coefficient (Wildman–Crippen LogP) is 3.86. The molecule has 17 heavy (non-hydrogen) atoms. The summed E-state index contributed by atoms with van der Waals surface area (Å²) in [6, 6.07) is 0. The Kier molecular flexibility index (Phi) is 6.35. The Morgan fingerprint density at radius 3 is 1.18 bits per heavy atom. The standard InChI is InChI=1S/C13H30O3Si/c1-9-14-17(15-10-2,16-11-3)13(7,8)12(4,5)6/h9-11H2,1-8H3. The SMILES string of the molecule is CCO[Si](OCC)(OCC)C(C)(C)C(C)(C)C. The second-order valence-corrected chi connectivity index (χ2v) is 8.96. The van der Waals surface area contributed by atoms with Gasteiger partial charge < -0.3 is 13.3 Å². The van der Waals surface area contributed by atoms with Crippen LogP contribution in [0, 0.1) is 5.41 Å². The first kappa shape index (κ1) is 17.1. The molecule has 0 atom stereocenters. The molecule has 104 valence electrons. The minimum Gasteiger partial charge on any atom is -0.373 e. The molecule has 0 saturated carbocycles. The van der Waals surface area contributed by atoms with E-state index in [1.54, 1.807) is 0 Å². The highest BCUT2D eigenvalue weighted by Crippen LogP contribution is 2.53. The lowest BCUT2D eigenvalue weighted by molar-refractivity contribution is 0.0258. The zero-order valence-electron chi connectivity index (χ0n) is 12.8. The van der Waals surface area contributed by atoms with E-state index in [0.717, 1.165) is 0 Å². The predicted molar refractivity (Wildman–Crippen MR) is 74.1 cm³/mol.